The molecule has 0 spiro atoms. The van der Waals surface area contributed by atoms with Gasteiger partial charge in [-0.25, -0.2) is 0 Å². The van der Waals surface area contributed by atoms with Crippen molar-refractivity contribution in [3.8, 4) is 6.07 Å². The summed E-state index contributed by atoms with van der Waals surface area (Å²) in [6.07, 6.45) is 1.26. The number of aliphatic carboxylic acids is 1. The van der Waals surface area contributed by atoms with E-state index in [1.807, 2.05) is 13.8 Å². The van der Waals surface area contributed by atoms with Crippen LogP contribution in [0.4, 0.5) is 0 Å². The minimum Gasteiger partial charge on any atom is -0.481 e. The molecule has 0 bridgehead atoms. The molecule has 2 unspecified atom stereocenters. The predicted octanol–water partition coefficient (Wildman–Crippen LogP) is 2.92. The van der Waals surface area contributed by atoms with Crippen LogP contribution in [-0.2, 0) is 4.79 Å². The molecule has 15 heavy (non-hydrogen) atoms. The molecule has 0 aliphatic heterocycles. The van der Waals surface area contributed by atoms with E-state index in [1.165, 1.54) is 0 Å². The Morgan fingerprint density at radius 1 is 1.27 bits per heavy atom. The molecule has 0 aromatic heterocycles. The topological polar surface area (TPSA) is 61.1 Å². The number of rotatable bonds is 6. The number of nitrogens with zero attached hydrogens (tertiary/aromatic N) is 1. The molecule has 2 atom stereocenters. The van der Waals surface area contributed by atoms with Crippen molar-refractivity contribution in [2.45, 2.75) is 40.5 Å². The molecule has 1 N–H and O–H groups in total. The van der Waals surface area contributed by atoms with E-state index in [2.05, 4.69) is 19.9 Å². The second kappa shape index (κ2) is 6.44. The van der Waals surface area contributed by atoms with Crippen molar-refractivity contribution in [1.82, 2.24) is 0 Å². The zero-order chi connectivity index (χ0) is 12.0. The van der Waals surface area contributed by atoms with Crippen molar-refractivity contribution in [1.29, 1.82) is 5.26 Å². The summed E-state index contributed by atoms with van der Waals surface area (Å²) in [6.45, 7) is 7.89. The first kappa shape index (κ1) is 14.0. The number of carboxylic acids is 1. The van der Waals surface area contributed by atoms with Crippen molar-refractivity contribution in [3.05, 3.63) is 0 Å². The summed E-state index contributed by atoms with van der Waals surface area (Å²) in [4.78, 5) is 11.0. The Morgan fingerprint density at radius 2 is 1.80 bits per heavy atom. The number of carbonyl (C=O) groups is 1. The van der Waals surface area contributed by atoms with Crippen molar-refractivity contribution in [2.75, 3.05) is 0 Å². The van der Waals surface area contributed by atoms with Crippen molar-refractivity contribution in [3.63, 3.8) is 0 Å². The van der Waals surface area contributed by atoms with Gasteiger partial charge in [0.25, 0.3) is 0 Å². The minimum absolute atomic E-state index is 0.0884. The molecule has 3 nitrogen and oxygen atoms in total. The van der Waals surface area contributed by atoms with Crippen LogP contribution in [0.5, 0.6) is 0 Å². The maximum absolute atomic E-state index is 11.0. The van der Waals surface area contributed by atoms with E-state index in [-0.39, 0.29) is 11.8 Å². The van der Waals surface area contributed by atoms with Crippen molar-refractivity contribution < 1.29 is 9.90 Å². The molecule has 86 valence electrons. The molecule has 0 aromatic carbocycles. The van der Waals surface area contributed by atoms with Gasteiger partial charge in [0.15, 0.2) is 0 Å². The maximum Gasteiger partial charge on any atom is 0.306 e. The van der Waals surface area contributed by atoms with Crippen molar-refractivity contribution in [2.24, 2.45) is 23.7 Å². The molecule has 0 heterocycles. The fraction of sp³-hybridized carbons (Fsp3) is 0.833. The van der Waals surface area contributed by atoms with E-state index in [0.717, 1.165) is 6.42 Å². The van der Waals surface area contributed by atoms with E-state index in [4.69, 9.17) is 10.4 Å². The highest BCUT2D eigenvalue weighted by Crippen LogP contribution is 2.24. The van der Waals surface area contributed by atoms with E-state index in [0.29, 0.717) is 12.3 Å². The largest absolute Gasteiger partial charge is 0.481 e. The summed E-state index contributed by atoms with van der Waals surface area (Å²) in [5, 5.41) is 18.0. The zero-order valence-corrected chi connectivity index (χ0v) is 10.0. The van der Waals surface area contributed by atoms with E-state index in [9.17, 15) is 4.79 Å². The molecule has 0 aromatic rings. The summed E-state index contributed by atoms with van der Waals surface area (Å²) >= 11 is 0. The monoisotopic (exact) mass is 211 g/mol. The van der Waals surface area contributed by atoms with Crippen LogP contribution >= 0.6 is 0 Å². The molecule has 0 rings (SSSR count). The third-order valence-corrected chi connectivity index (χ3v) is 2.60. The van der Waals surface area contributed by atoms with Crippen LogP contribution in [0.25, 0.3) is 0 Å². The van der Waals surface area contributed by atoms with E-state index < -0.39 is 11.9 Å². The third-order valence-electron chi connectivity index (χ3n) is 2.60. The predicted molar refractivity (Wildman–Crippen MR) is 59.1 cm³/mol. The van der Waals surface area contributed by atoms with Crippen LogP contribution in [0.2, 0.25) is 0 Å². The quantitative estimate of drug-likeness (QED) is 0.734. The van der Waals surface area contributed by atoms with Crippen LogP contribution in [0, 0.1) is 35.0 Å². The second-order valence-corrected chi connectivity index (χ2v) is 4.88. The van der Waals surface area contributed by atoms with Crippen LogP contribution < -0.4 is 0 Å². The van der Waals surface area contributed by atoms with Crippen LogP contribution in [0.1, 0.15) is 40.5 Å². The standard InChI is InChI=1S/C12H21NO2/c1-8(2)5-10(7-13)6-11(9(3)4)12(14)15/h8-11H,5-6H2,1-4H3,(H,14,15). The SMILES string of the molecule is CC(C)CC(C#N)CC(C(=O)O)C(C)C. The first-order valence-corrected chi connectivity index (χ1v) is 5.50. The molecule has 0 saturated heterocycles. The van der Waals surface area contributed by atoms with Gasteiger partial charge in [0.1, 0.15) is 0 Å². The van der Waals surface area contributed by atoms with Gasteiger partial charge in [-0.3, -0.25) is 4.79 Å². The van der Waals surface area contributed by atoms with E-state index in [1.54, 1.807) is 0 Å². The molecule has 3 heteroatoms. The van der Waals surface area contributed by atoms with Crippen LogP contribution in [-0.4, -0.2) is 11.1 Å². The lowest BCUT2D eigenvalue weighted by Crippen LogP contribution is -2.23. The highest BCUT2D eigenvalue weighted by atomic mass is 16.4. The highest BCUT2D eigenvalue weighted by molar-refractivity contribution is 5.70. The Bertz CT molecular complexity index is 240. The average molecular weight is 211 g/mol. The Balaban J connectivity index is 4.37. The normalized spacial score (nSPS) is 15.0. The summed E-state index contributed by atoms with van der Waals surface area (Å²) in [5.74, 6) is -0.780. The van der Waals surface area contributed by atoms with Gasteiger partial charge in [0.2, 0.25) is 0 Å². The summed E-state index contributed by atoms with van der Waals surface area (Å²) in [5.41, 5.74) is 0. The summed E-state index contributed by atoms with van der Waals surface area (Å²) in [7, 11) is 0. The first-order valence-electron chi connectivity index (χ1n) is 5.50. The number of nitriles is 1. The van der Waals surface area contributed by atoms with Gasteiger partial charge in [-0.2, -0.15) is 5.26 Å². The number of hydrogen-bond acceptors (Lipinski definition) is 2. The first-order chi connectivity index (χ1) is 6.88. The fourth-order valence-electron chi connectivity index (χ4n) is 1.74. The molecule has 0 saturated carbocycles. The van der Waals surface area contributed by atoms with E-state index >= 15 is 0 Å². The van der Waals surface area contributed by atoms with Gasteiger partial charge < -0.3 is 5.11 Å². The zero-order valence-electron chi connectivity index (χ0n) is 10.0. The Hall–Kier alpha value is -1.04. The maximum atomic E-state index is 11.0. The molecule has 0 radical (unpaired) electrons. The molecular weight excluding hydrogens is 190 g/mol. The van der Waals surface area contributed by atoms with Crippen LogP contribution in [0.3, 0.4) is 0 Å². The molecule has 0 aliphatic carbocycles. The lowest BCUT2D eigenvalue weighted by molar-refractivity contribution is -0.143. The lowest BCUT2D eigenvalue weighted by atomic mass is 9.83. The number of carboxylic acid groups (broad SMARTS) is 1. The number of hydrogen-bond donors (Lipinski definition) is 1. The van der Waals surface area contributed by atoms with Gasteiger partial charge in [0, 0.05) is 5.92 Å². The second-order valence-electron chi connectivity index (χ2n) is 4.88. The van der Waals surface area contributed by atoms with Gasteiger partial charge in [-0.1, -0.05) is 27.7 Å². The van der Waals surface area contributed by atoms with Crippen molar-refractivity contribution >= 4 is 5.97 Å². The smallest absolute Gasteiger partial charge is 0.306 e. The Labute approximate surface area is 92.1 Å². The summed E-state index contributed by atoms with van der Waals surface area (Å²) < 4.78 is 0. The Kier molecular flexibility index (Phi) is 6.00. The summed E-state index contributed by atoms with van der Waals surface area (Å²) in [6, 6.07) is 2.21. The fourth-order valence-corrected chi connectivity index (χ4v) is 1.74. The van der Waals surface area contributed by atoms with Gasteiger partial charge in [0.05, 0.1) is 12.0 Å². The molecular formula is C12H21NO2. The van der Waals surface area contributed by atoms with Crippen LogP contribution in [0.15, 0.2) is 0 Å². The lowest BCUT2D eigenvalue weighted by Gasteiger charge is -2.20. The minimum atomic E-state index is -0.783. The molecule has 0 amide bonds. The van der Waals surface area contributed by atoms with Gasteiger partial charge in [-0.05, 0) is 24.7 Å². The Morgan fingerprint density at radius 3 is 2.07 bits per heavy atom. The molecule has 0 aliphatic rings. The third kappa shape index (κ3) is 5.41. The van der Waals surface area contributed by atoms with Gasteiger partial charge >= 0.3 is 5.97 Å². The highest BCUT2D eigenvalue weighted by Gasteiger charge is 2.25. The molecule has 0 fully saturated rings. The van der Waals surface area contributed by atoms with Gasteiger partial charge in [-0.15, -0.1) is 0 Å². The average Bonchev–Trinajstić information content (AvgIpc) is 2.10.